The highest BCUT2D eigenvalue weighted by atomic mass is 79.9. The number of carboxylic acids is 1. The molecule has 0 radical (unpaired) electrons. The molecule has 0 unspecified atom stereocenters. The molecule has 3 aromatic rings. The Kier molecular flexibility index (Phi) is 7.82. The molecule has 4 rings (SSSR count). The second kappa shape index (κ2) is 11.0. The molecular weight excluding hydrogens is 490 g/mol. The lowest BCUT2D eigenvalue weighted by atomic mass is 9.87. The Hall–Kier alpha value is -2.65. The normalized spacial score (nSPS) is 18.4. The van der Waals surface area contributed by atoms with Crippen molar-refractivity contribution in [2.75, 3.05) is 19.8 Å². The van der Waals surface area contributed by atoms with Crippen molar-refractivity contribution in [2.24, 2.45) is 5.92 Å². The van der Waals surface area contributed by atoms with E-state index < -0.39 is 5.97 Å². The lowest BCUT2D eigenvalue weighted by Crippen LogP contribution is -2.20. The predicted molar refractivity (Wildman–Crippen MR) is 127 cm³/mol. The van der Waals surface area contributed by atoms with Gasteiger partial charge in [0.1, 0.15) is 11.3 Å². The van der Waals surface area contributed by atoms with E-state index in [0.717, 1.165) is 53.2 Å². The van der Waals surface area contributed by atoms with Gasteiger partial charge in [0, 0.05) is 30.5 Å². The average molecular weight is 518 g/mol. The van der Waals surface area contributed by atoms with Crippen LogP contribution in [0.5, 0.6) is 11.6 Å². The van der Waals surface area contributed by atoms with Crippen LogP contribution >= 0.6 is 15.9 Å². The highest BCUT2D eigenvalue weighted by molar-refractivity contribution is 9.10. The Labute approximate surface area is 200 Å². The van der Waals surface area contributed by atoms with Gasteiger partial charge < -0.3 is 19.7 Å². The SMILES string of the molecule is O=C(O)c1cccnc1OCCCCOc1cc2nn(C3CCC(CO)CC3)cc2cc1Br. The van der Waals surface area contributed by atoms with Crippen LogP contribution in [0.3, 0.4) is 0 Å². The molecule has 2 heterocycles. The molecule has 1 fully saturated rings. The fraction of sp³-hybridized carbons (Fsp3) is 0.458. The number of aliphatic hydroxyl groups excluding tert-OH is 1. The molecule has 0 bridgehead atoms. The van der Waals surface area contributed by atoms with Crippen molar-refractivity contribution in [1.82, 2.24) is 14.8 Å². The summed E-state index contributed by atoms with van der Waals surface area (Å²) in [4.78, 5) is 15.2. The van der Waals surface area contributed by atoms with Crippen LogP contribution in [0.25, 0.3) is 10.9 Å². The summed E-state index contributed by atoms with van der Waals surface area (Å²) in [5.74, 6) is 0.256. The second-order valence-corrected chi connectivity index (χ2v) is 9.23. The van der Waals surface area contributed by atoms with E-state index in [4.69, 9.17) is 19.7 Å². The van der Waals surface area contributed by atoms with Crippen LogP contribution in [0.4, 0.5) is 0 Å². The van der Waals surface area contributed by atoms with Crippen molar-refractivity contribution in [1.29, 1.82) is 0 Å². The summed E-state index contributed by atoms with van der Waals surface area (Å²) in [6.07, 6.45) is 9.22. The summed E-state index contributed by atoms with van der Waals surface area (Å²) in [5.41, 5.74) is 0.962. The molecule has 0 amide bonds. The van der Waals surface area contributed by atoms with E-state index in [1.165, 1.54) is 12.3 Å². The van der Waals surface area contributed by atoms with Gasteiger partial charge in [-0.3, -0.25) is 4.68 Å². The maximum Gasteiger partial charge on any atom is 0.341 e. The minimum atomic E-state index is -1.05. The molecule has 1 aliphatic rings. The Morgan fingerprint density at radius 1 is 1.15 bits per heavy atom. The van der Waals surface area contributed by atoms with Crippen LogP contribution in [0.1, 0.15) is 54.9 Å². The first-order chi connectivity index (χ1) is 16.0. The molecule has 0 spiro atoms. The van der Waals surface area contributed by atoms with Crippen LogP contribution in [0.15, 0.2) is 41.1 Å². The van der Waals surface area contributed by atoms with Gasteiger partial charge in [-0.25, -0.2) is 9.78 Å². The Morgan fingerprint density at radius 3 is 2.64 bits per heavy atom. The Bertz CT molecular complexity index is 1090. The molecule has 0 atom stereocenters. The summed E-state index contributed by atoms with van der Waals surface area (Å²) in [7, 11) is 0. The molecule has 0 aliphatic heterocycles. The predicted octanol–water partition coefficient (Wildman–Crippen LogP) is 4.85. The number of pyridine rings is 1. The summed E-state index contributed by atoms with van der Waals surface area (Å²) >= 11 is 3.60. The number of ether oxygens (including phenoxy) is 2. The molecule has 8 nitrogen and oxygen atoms in total. The van der Waals surface area contributed by atoms with Crippen LogP contribution in [-0.4, -0.2) is 50.8 Å². The van der Waals surface area contributed by atoms with Crippen molar-refractivity contribution in [3.8, 4) is 11.6 Å². The summed E-state index contributed by atoms with van der Waals surface area (Å²) < 4.78 is 14.4. The topological polar surface area (TPSA) is 107 Å². The van der Waals surface area contributed by atoms with E-state index in [1.54, 1.807) is 6.07 Å². The molecule has 1 aromatic carbocycles. The maximum atomic E-state index is 11.2. The molecule has 33 heavy (non-hydrogen) atoms. The zero-order valence-electron chi connectivity index (χ0n) is 18.3. The third-order valence-electron chi connectivity index (χ3n) is 6.06. The van der Waals surface area contributed by atoms with Crippen molar-refractivity contribution >= 4 is 32.8 Å². The first-order valence-corrected chi connectivity index (χ1v) is 12.1. The van der Waals surface area contributed by atoms with Gasteiger partial charge in [-0.2, -0.15) is 5.10 Å². The van der Waals surface area contributed by atoms with Crippen LogP contribution in [-0.2, 0) is 0 Å². The van der Waals surface area contributed by atoms with E-state index in [2.05, 4.69) is 31.8 Å². The average Bonchev–Trinajstić information content (AvgIpc) is 3.24. The highest BCUT2D eigenvalue weighted by Crippen LogP contribution is 2.34. The number of aliphatic hydroxyl groups is 1. The van der Waals surface area contributed by atoms with Gasteiger partial charge >= 0.3 is 5.97 Å². The van der Waals surface area contributed by atoms with Crippen molar-refractivity contribution in [2.45, 2.75) is 44.6 Å². The molecule has 1 aliphatic carbocycles. The number of carboxylic acid groups (broad SMARTS) is 1. The van der Waals surface area contributed by atoms with Gasteiger partial charge in [-0.1, -0.05) is 0 Å². The van der Waals surface area contributed by atoms with E-state index in [1.807, 2.05) is 12.1 Å². The summed E-state index contributed by atoms with van der Waals surface area (Å²) in [6.45, 7) is 1.15. The third kappa shape index (κ3) is 5.83. The van der Waals surface area contributed by atoms with Crippen LogP contribution in [0.2, 0.25) is 0 Å². The first-order valence-electron chi connectivity index (χ1n) is 11.3. The molecule has 9 heteroatoms. The fourth-order valence-corrected chi connectivity index (χ4v) is 4.63. The van der Waals surface area contributed by atoms with E-state index >= 15 is 0 Å². The lowest BCUT2D eigenvalue weighted by Gasteiger charge is -2.27. The molecular formula is C24H28BrN3O5. The number of unbranched alkanes of at least 4 members (excludes halogenated alkanes) is 1. The molecule has 1 saturated carbocycles. The molecule has 176 valence electrons. The number of aromatic carboxylic acids is 1. The number of hydrogen-bond acceptors (Lipinski definition) is 6. The molecule has 2 aromatic heterocycles. The number of rotatable bonds is 10. The number of halogens is 1. The number of aromatic nitrogens is 3. The summed E-state index contributed by atoms with van der Waals surface area (Å²) in [5, 5.41) is 24.4. The summed E-state index contributed by atoms with van der Waals surface area (Å²) in [6, 6.07) is 7.42. The van der Waals surface area contributed by atoms with E-state index in [-0.39, 0.29) is 18.1 Å². The van der Waals surface area contributed by atoms with Crippen molar-refractivity contribution < 1.29 is 24.5 Å². The number of hydrogen-bond donors (Lipinski definition) is 2. The van der Waals surface area contributed by atoms with Gasteiger partial charge in [0.15, 0.2) is 0 Å². The van der Waals surface area contributed by atoms with Gasteiger partial charge in [-0.15, -0.1) is 0 Å². The minimum Gasteiger partial charge on any atom is -0.492 e. The monoisotopic (exact) mass is 517 g/mol. The zero-order valence-corrected chi connectivity index (χ0v) is 19.9. The van der Waals surface area contributed by atoms with E-state index in [9.17, 15) is 9.90 Å². The lowest BCUT2D eigenvalue weighted by molar-refractivity contribution is 0.0691. The quantitative estimate of drug-likeness (QED) is 0.370. The smallest absolute Gasteiger partial charge is 0.341 e. The van der Waals surface area contributed by atoms with Gasteiger partial charge in [0.25, 0.3) is 0 Å². The molecule has 2 N–H and O–H groups in total. The maximum absolute atomic E-state index is 11.2. The van der Waals surface area contributed by atoms with Gasteiger partial charge in [-0.05, 0) is 78.6 Å². The largest absolute Gasteiger partial charge is 0.492 e. The zero-order chi connectivity index (χ0) is 23.2. The van der Waals surface area contributed by atoms with Gasteiger partial charge in [0.05, 0.1) is 29.2 Å². The first kappa shape index (κ1) is 23.5. The fourth-order valence-electron chi connectivity index (χ4n) is 4.16. The number of carbonyl (C=O) groups is 1. The van der Waals surface area contributed by atoms with Gasteiger partial charge in [0.2, 0.25) is 5.88 Å². The van der Waals surface area contributed by atoms with Crippen molar-refractivity contribution in [3.05, 3.63) is 46.7 Å². The number of nitrogens with zero attached hydrogens (tertiary/aromatic N) is 3. The standard InChI is InChI=1S/C24H28BrN3O5/c25-20-12-17-14-28(18-7-5-16(15-29)6-8-18)27-21(17)13-22(20)32-10-1-2-11-33-23-19(24(30)31)4-3-9-26-23/h3-4,9,12-14,16,18,29H,1-2,5-8,10-11,15H2,(H,30,31). The number of benzene rings is 1. The van der Waals surface area contributed by atoms with Crippen molar-refractivity contribution in [3.63, 3.8) is 0 Å². The second-order valence-electron chi connectivity index (χ2n) is 8.37. The third-order valence-corrected chi connectivity index (χ3v) is 6.68. The Morgan fingerprint density at radius 2 is 1.91 bits per heavy atom. The number of fused-ring (bicyclic) bond motifs is 1. The molecule has 0 saturated heterocycles. The Balaban J connectivity index is 1.27. The van der Waals surface area contributed by atoms with E-state index in [0.29, 0.717) is 31.6 Å². The highest BCUT2D eigenvalue weighted by Gasteiger charge is 2.23. The van der Waals surface area contributed by atoms with Crippen LogP contribution in [0, 0.1) is 5.92 Å². The minimum absolute atomic E-state index is 0.0619. The van der Waals surface area contributed by atoms with Crippen LogP contribution < -0.4 is 9.47 Å².